The van der Waals surface area contributed by atoms with Crippen LogP contribution in [0.3, 0.4) is 0 Å². The Balaban J connectivity index is 1.66. The van der Waals surface area contributed by atoms with Crippen molar-refractivity contribution in [3.8, 4) is 0 Å². The number of pyridine rings is 1. The number of fused-ring (bicyclic) bond motifs is 3. The number of hydrogen-bond acceptors (Lipinski definition) is 7. The van der Waals surface area contributed by atoms with Crippen LogP contribution >= 0.6 is 0 Å². The standard InChI is InChI=1S/C17H21N5O2S/c1-21(2)17-19-7-13-11-25(23,24)15-10-22(9-14(15)16(13)20-17)8-12-4-3-5-18-6-12/h3-7,14-15H,8-11H2,1-2H3/t14-,15+/m0/s1. The molecule has 2 aromatic heterocycles. The fourth-order valence-electron chi connectivity index (χ4n) is 3.74. The van der Waals surface area contributed by atoms with Crippen LogP contribution in [0.5, 0.6) is 0 Å². The maximum atomic E-state index is 12.7. The molecule has 0 unspecified atom stereocenters. The maximum absolute atomic E-state index is 12.7. The lowest BCUT2D eigenvalue weighted by molar-refractivity contribution is 0.326. The van der Waals surface area contributed by atoms with Crippen molar-refractivity contribution in [1.29, 1.82) is 0 Å². The first-order valence-electron chi connectivity index (χ1n) is 8.30. The smallest absolute Gasteiger partial charge is 0.225 e. The number of anilines is 1. The van der Waals surface area contributed by atoms with Gasteiger partial charge in [0.1, 0.15) is 0 Å². The SMILES string of the molecule is CN(C)c1ncc2c(n1)[C@H]1CN(Cc3cccnc3)C[C@H]1S(=O)(=O)C2. The molecule has 0 aromatic carbocycles. The molecule has 2 aliphatic rings. The second kappa shape index (κ2) is 6.03. The van der Waals surface area contributed by atoms with Gasteiger partial charge >= 0.3 is 0 Å². The summed E-state index contributed by atoms with van der Waals surface area (Å²) in [7, 11) is 0.599. The molecule has 7 nitrogen and oxygen atoms in total. The molecule has 2 aliphatic heterocycles. The lowest BCUT2D eigenvalue weighted by atomic mass is 10.00. The van der Waals surface area contributed by atoms with Crippen LogP contribution in [0.1, 0.15) is 22.7 Å². The highest BCUT2D eigenvalue weighted by molar-refractivity contribution is 7.91. The zero-order valence-corrected chi connectivity index (χ0v) is 15.1. The number of likely N-dealkylation sites (tertiary alicyclic amines) is 1. The van der Waals surface area contributed by atoms with Gasteiger partial charge in [0.15, 0.2) is 9.84 Å². The molecule has 1 saturated heterocycles. The van der Waals surface area contributed by atoms with E-state index in [2.05, 4.69) is 19.9 Å². The van der Waals surface area contributed by atoms with E-state index in [9.17, 15) is 8.42 Å². The van der Waals surface area contributed by atoms with Gasteiger partial charge in [0.2, 0.25) is 5.95 Å². The minimum absolute atomic E-state index is 0.0396. The molecule has 0 aliphatic carbocycles. The minimum atomic E-state index is -3.18. The van der Waals surface area contributed by atoms with Crippen LogP contribution in [0, 0.1) is 0 Å². The Morgan fingerprint density at radius 2 is 2.12 bits per heavy atom. The van der Waals surface area contributed by atoms with E-state index in [1.165, 1.54) is 0 Å². The number of sulfone groups is 1. The average Bonchev–Trinajstić information content (AvgIpc) is 3.00. The normalized spacial score (nSPS) is 24.6. The molecule has 0 saturated carbocycles. The second-order valence-corrected chi connectivity index (χ2v) is 9.20. The summed E-state index contributed by atoms with van der Waals surface area (Å²) in [5, 5.41) is -0.387. The van der Waals surface area contributed by atoms with E-state index in [0.717, 1.165) is 16.8 Å². The van der Waals surface area contributed by atoms with Crippen LogP contribution < -0.4 is 4.90 Å². The first-order valence-corrected chi connectivity index (χ1v) is 10.0. The van der Waals surface area contributed by atoms with Gasteiger partial charge in [-0.15, -0.1) is 0 Å². The van der Waals surface area contributed by atoms with Crippen LogP contribution in [-0.2, 0) is 22.1 Å². The molecule has 8 heteroatoms. The van der Waals surface area contributed by atoms with Crippen LogP contribution in [0.2, 0.25) is 0 Å². The molecule has 2 atom stereocenters. The third-order valence-corrected chi connectivity index (χ3v) is 7.04. The van der Waals surface area contributed by atoms with Crippen molar-refractivity contribution in [2.24, 2.45) is 0 Å². The highest BCUT2D eigenvalue weighted by atomic mass is 32.2. The van der Waals surface area contributed by atoms with Gasteiger partial charge in [-0.3, -0.25) is 9.88 Å². The van der Waals surface area contributed by atoms with Crippen LogP contribution in [0.4, 0.5) is 5.95 Å². The van der Waals surface area contributed by atoms with E-state index >= 15 is 0 Å². The molecule has 0 amide bonds. The van der Waals surface area contributed by atoms with Gasteiger partial charge in [-0.1, -0.05) is 6.07 Å². The predicted octanol–water partition coefficient (Wildman–Crippen LogP) is 0.834. The molecule has 0 N–H and O–H groups in total. The Bertz CT molecular complexity index is 885. The summed E-state index contributed by atoms with van der Waals surface area (Å²) in [6, 6.07) is 3.92. The van der Waals surface area contributed by atoms with Crippen molar-refractivity contribution in [1.82, 2.24) is 19.9 Å². The molecule has 0 spiro atoms. The lowest BCUT2D eigenvalue weighted by Gasteiger charge is -2.27. The summed E-state index contributed by atoms with van der Waals surface area (Å²) in [5.41, 5.74) is 2.73. The van der Waals surface area contributed by atoms with Crippen LogP contribution in [0.25, 0.3) is 0 Å². The van der Waals surface area contributed by atoms with Crippen molar-refractivity contribution in [2.75, 3.05) is 32.1 Å². The van der Waals surface area contributed by atoms with E-state index in [4.69, 9.17) is 0 Å². The molecular weight excluding hydrogens is 338 g/mol. The number of nitrogens with zero attached hydrogens (tertiary/aromatic N) is 5. The quantitative estimate of drug-likeness (QED) is 0.803. The summed E-state index contributed by atoms with van der Waals surface area (Å²) in [6.07, 6.45) is 5.25. The van der Waals surface area contributed by atoms with Gasteiger partial charge in [0, 0.05) is 63.8 Å². The summed E-state index contributed by atoms with van der Waals surface area (Å²) < 4.78 is 25.5. The van der Waals surface area contributed by atoms with Crippen molar-refractivity contribution in [3.63, 3.8) is 0 Å². The average molecular weight is 359 g/mol. The Labute approximate surface area is 147 Å². The maximum Gasteiger partial charge on any atom is 0.225 e. The predicted molar refractivity (Wildman–Crippen MR) is 95.0 cm³/mol. The molecule has 0 bridgehead atoms. The van der Waals surface area contributed by atoms with Gasteiger partial charge in [0.25, 0.3) is 0 Å². The molecule has 4 rings (SSSR count). The van der Waals surface area contributed by atoms with E-state index < -0.39 is 9.84 Å². The monoisotopic (exact) mass is 359 g/mol. The Hall–Kier alpha value is -2.06. The van der Waals surface area contributed by atoms with Crippen molar-refractivity contribution in [3.05, 3.63) is 47.5 Å². The lowest BCUT2D eigenvalue weighted by Crippen LogP contribution is -2.35. The molecule has 1 fully saturated rings. The van der Waals surface area contributed by atoms with Gasteiger partial charge in [-0.2, -0.15) is 0 Å². The van der Waals surface area contributed by atoms with Crippen LogP contribution in [0.15, 0.2) is 30.7 Å². The summed E-state index contributed by atoms with van der Waals surface area (Å²) in [5.74, 6) is 0.576. The zero-order chi connectivity index (χ0) is 17.6. The van der Waals surface area contributed by atoms with E-state index in [1.807, 2.05) is 37.3 Å². The summed E-state index contributed by atoms with van der Waals surface area (Å²) >= 11 is 0. The fraction of sp³-hybridized carbons (Fsp3) is 0.471. The van der Waals surface area contributed by atoms with Crippen molar-refractivity contribution >= 4 is 15.8 Å². The number of aromatic nitrogens is 3. The summed E-state index contributed by atoms with van der Waals surface area (Å²) in [4.78, 5) is 17.1. The number of hydrogen-bond donors (Lipinski definition) is 0. The Kier molecular flexibility index (Phi) is 3.96. The minimum Gasteiger partial charge on any atom is -0.347 e. The second-order valence-electron chi connectivity index (χ2n) is 6.98. The van der Waals surface area contributed by atoms with E-state index in [1.54, 1.807) is 12.4 Å². The van der Waals surface area contributed by atoms with Gasteiger partial charge < -0.3 is 4.90 Å². The first kappa shape index (κ1) is 16.4. The van der Waals surface area contributed by atoms with Crippen molar-refractivity contribution < 1.29 is 8.42 Å². The van der Waals surface area contributed by atoms with E-state index in [0.29, 0.717) is 25.6 Å². The van der Waals surface area contributed by atoms with E-state index in [-0.39, 0.29) is 16.9 Å². The largest absolute Gasteiger partial charge is 0.347 e. The molecule has 0 radical (unpaired) electrons. The van der Waals surface area contributed by atoms with Crippen LogP contribution in [-0.4, -0.2) is 60.7 Å². The van der Waals surface area contributed by atoms with Gasteiger partial charge in [0.05, 0.1) is 16.7 Å². The molecule has 4 heterocycles. The van der Waals surface area contributed by atoms with Crippen molar-refractivity contribution in [2.45, 2.75) is 23.5 Å². The fourth-order valence-corrected chi connectivity index (χ4v) is 5.76. The third kappa shape index (κ3) is 3.00. The van der Waals surface area contributed by atoms with Gasteiger partial charge in [-0.25, -0.2) is 18.4 Å². The third-order valence-electron chi connectivity index (χ3n) is 4.93. The molecule has 2 aromatic rings. The Morgan fingerprint density at radius 1 is 1.28 bits per heavy atom. The molecular formula is C17H21N5O2S. The number of rotatable bonds is 3. The highest BCUT2D eigenvalue weighted by Crippen LogP contribution is 2.39. The zero-order valence-electron chi connectivity index (χ0n) is 14.3. The first-order chi connectivity index (χ1) is 11.9. The topological polar surface area (TPSA) is 79.3 Å². The Morgan fingerprint density at radius 3 is 2.84 bits per heavy atom. The summed E-state index contributed by atoms with van der Waals surface area (Å²) in [6.45, 7) is 1.94. The van der Waals surface area contributed by atoms with Gasteiger partial charge in [-0.05, 0) is 11.6 Å². The molecule has 25 heavy (non-hydrogen) atoms. The molecule has 132 valence electrons. The highest BCUT2D eigenvalue weighted by Gasteiger charge is 2.47.